The fourth-order valence-corrected chi connectivity index (χ4v) is 2.54. The molecular weight excluding hydrogens is 324 g/mol. The summed E-state index contributed by atoms with van der Waals surface area (Å²) in [4.78, 5) is 18.1. The number of nitrogens with zero attached hydrogens (tertiary/aromatic N) is 2. The molecule has 2 heterocycles. The molecule has 1 aliphatic heterocycles. The lowest BCUT2D eigenvalue weighted by Gasteiger charge is -2.29. The van der Waals surface area contributed by atoms with Crippen molar-refractivity contribution in [3.8, 4) is 0 Å². The molecule has 1 aromatic rings. The molecule has 24 heavy (non-hydrogen) atoms. The number of nitrogens with one attached hydrogen (secondary N) is 1. The molecule has 1 aromatic heterocycles. The van der Waals surface area contributed by atoms with Crippen LogP contribution in [0.5, 0.6) is 0 Å². The number of carbonyl (C=O) groups excluding carboxylic acids is 1. The van der Waals surface area contributed by atoms with E-state index in [1.807, 2.05) is 26.1 Å². The Morgan fingerprint density at radius 3 is 2.33 bits per heavy atom. The molecule has 0 saturated carbocycles. The molecule has 1 amide bonds. The van der Waals surface area contributed by atoms with Gasteiger partial charge < -0.3 is 20.7 Å². The zero-order valence-electron chi connectivity index (χ0n) is 15.8. The van der Waals surface area contributed by atoms with Crippen molar-refractivity contribution < 1.29 is 9.53 Å². The molecule has 0 bridgehead atoms. The second-order valence-corrected chi connectivity index (χ2v) is 6.65. The maximum absolute atomic E-state index is 10.0. The van der Waals surface area contributed by atoms with Crippen molar-refractivity contribution in [2.75, 3.05) is 37.3 Å². The van der Waals surface area contributed by atoms with E-state index in [9.17, 15) is 4.79 Å². The molecule has 0 spiro atoms. The first-order chi connectivity index (χ1) is 11.3. The number of hydrogen-bond acceptors (Lipinski definition) is 6. The summed E-state index contributed by atoms with van der Waals surface area (Å²) < 4.78 is 4.58. The van der Waals surface area contributed by atoms with Gasteiger partial charge in [-0.05, 0) is 39.2 Å². The van der Waals surface area contributed by atoms with Gasteiger partial charge in [0, 0.05) is 37.3 Å². The summed E-state index contributed by atoms with van der Waals surface area (Å²) in [6, 6.07) is 4.13. The lowest BCUT2D eigenvalue weighted by Crippen LogP contribution is -2.44. The van der Waals surface area contributed by atoms with E-state index >= 15 is 0 Å². The SMILES string of the molecule is CC.CC(C)(C)OC(N)=O.CSc1cccnc1N1CCNCC1. The molecule has 7 heteroatoms. The minimum absolute atomic E-state index is 0.453. The first kappa shape index (κ1) is 22.5. The van der Waals surface area contributed by atoms with Gasteiger partial charge in [-0.15, -0.1) is 11.8 Å². The Kier molecular flexibility index (Phi) is 11.2. The van der Waals surface area contributed by atoms with Crippen LogP contribution in [0.2, 0.25) is 0 Å². The maximum atomic E-state index is 10.0. The highest BCUT2D eigenvalue weighted by molar-refractivity contribution is 7.98. The Bertz CT molecular complexity index is 472. The monoisotopic (exact) mass is 356 g/mol. The molecular formula is C17H32N4O2S. The number of primary amides is 1. The quantitative estimate of drug-likeness (QED) is 0.793. The van der Waals surface area contributed by atoms with Crippen LogP contribution in [-0.2, 0) is 4.74 Å². The Labute approximate surface area is 150 Å². The van der Waals surface area contributed by atoms with Gasteiger partial charge in [-0.3, -0.25) is 0 Å². The summed E-state index contributed by atoms with van der Waals surface area (Å²) in [5.41, 5.74) is 4.26. The normalized spacial score (nSPS) is 13.8. The first-order valence-electron chi connectivity index (χ1n) is 8.26. The highest BCUT2D eigenvalue weighted by Crippen LogP contribution is 2.25. The van der Waals surface area contributed by atoms with Crippen molar-refractivity contribution in [1.29, 1.82) is 0 Å². The Hall–Kier alpha value is -1.47. The predicted molar refractivity (Wildman–Crippen MR) is 103 cm³/mol. The standard InChI is InChI=1S/C10H15N3S.C5H11NO2.C2H6/c1-14-9-3-2-4-12-10(9)13-7-5-11-6-8-13;1-5(2,3)8-4(6)7;1-2/h2-4,11H,5-8H2,1H3;1-3H3,(H2,6,7);1-2H3. The molecule has 0 aliphatic carbocycles. The van der Waals surface area contributed by atoms with Crippen LogP contribution in [-0.4, -0.2) is 49.1 Å². The van der Waals surface area contributed by atoms with Crippen LogP contribution >= 0.6 is 11.8 Å². The van der Waals surface area contributed by atoms with Gasteiger partial charge in [0.1, 0.15) is 11.4 Å². The molecule has 0 unspecified atom stereocenters. The van der Waals surface area contributed by atoms with Crippen molar-refractivity contribution >= 4 is 23.7 Å². The van der Waals surface area contributed by atoms with Crippen LogP contribution in [0, 0.1) is 0 Å². The molecule has 138 valence electrons. The largest absolute Gasteiger partial charge is 0.444 e. The summed E-state index contributed by atoms with van der Waals surface area (Å²) in [5.74, 6) is 1.14. The summed E-state index contributed by atoms with van der Waals surface area (Å²) in [7, 11) is 0. The summed E-state index contributed by atoms with van der Waals surface area (Å²) in [5, 5.41) is 3.35. The summed E-state index contributed by atoms with van der Waals surface area (Å²) >= 11 is 1.76. The van der Waals surface area contributed by atoms with Gasteiger partial charge in [0.2, 0.25) is 0 Å². The number of nitrogens with two attached hydrogens (primary N) is 1. The minimum atomic E-state index is -0.725. The van der Waals surface area contributed by atoms with Crippen LogP contribution < -0.4 is 16.0 Å². The maximum Gasteiger partial charge on any atom is 0.405 e. The van der Waals surface area contributed by atoms with E-state index in [0.29, 0.717) is 0 Å². The first-order valence-corrected chi connectivity index (χ1v) is 9.49. The molecule has 0 aromatic carbocycles. The van der Waals surface area contributed by atoms with Gasteiger partial charge in [-0.2, -0.15) is 0 Å². The molecule has 1 saturated heterocycles. The van der Waals surface area contributed by atoms with Crippen molar-refractivity contribution in [3.05, 3.63) is 18.3 Å². The second kappa shape index (κ2) is 12.0. The van der Waals surface area contributed by atoms with Crippen molar-refractivity contribution in [1.82, 2.24) is 10.3 Å². The second-order valence-electron chi connectivity index (χ2n) is 5.80. The minimum Gasteiger partial charge on any atom is -0.444 e. The van der Waals surface area contributed by atoms with Crippen LogP contribution in [0.15, 0.2) is 23.2 Å². The number of ether oxygens (including phenoxy) is 1. The van der Waals surface area contributed by atoms with Crippen LogP contribution in [0.25, 0.3) is 0 Å². The van der Waals surface area contributed by atoms with E-state index in [2.05, 4.69) is 32.3 Å². The van der Waals surface area contributed by atoms with E-state index in [4.69, 9.17) is 5.73 Å². The van der Waals surface area contributed by atoms with E-state index in [1.54, 1.807) is 32.5 Å². The van der Waals surface area contributed by atoms with E-state index in [0.717, 1.165) is 32.0 Å². The van der Waals surface area contributed by atoms with Crippen LogP contribution in [0.3, 0.4) is 0 Å². The fraction of sp³-hybridized carbons (Fsp3) is 0.647. The molecule has 6 nitrogen and oxygen atoms in total. The molecule has 0 radical (unpaired) electrons. The van der Waals surface area contributed by atoms with Gasteiger partial charge in [0.05, 0.1) is 0 Å². The highest BCUT2D eigenvalue weighted by Gasteiger charge is 2.14. The van der Waals surface area contributed by atoms with Gasteiger partial charge in [-0.25, -0.2) is 9.78 Å². The number of hydrogen-bond donors (Lipinski definition) is 2. The number of pyridine rings is 1. The Morgan fingerprint density at radius 2 is 1.92 bits per heavy atom. The summed E-state index contributed by atoms with van der Waals surface area (Å²) in [6.07, 6.45) is 3.25. The predicted octanol–water partition coefficient (Wildman–Crippen LogP) is 3.12. The Morgan fingerprint density at radius 1 is 1.33 bits per heavy atom. The van der Waals surface area contributed by atoms with Crippen molar-refractivity contribution in [3.63, 3.8) is 0 Å². The zero-order valence-corrected chi connectivity index (χ0v) is 16.6. The summed E-state index contributed by atoms with van der Waals surface area (Å²) in [6.45, 7) is 13.5. The zero-order chi connectivity index (χ0) is 18.6. The molecule has 0 atom stereocenters. The van der Waals surface area contributed by atoms with Gasteiger partial charge in [-0.1, -0.05) is 13.8 Å². The number of thioether (sulfide) groups is 1. The molecule has 2 rings (SSSR count). The van der Waals surface area contributed by atoms with E-state index < -0.39 is 11.7 Å². The van der Waals surface area contributed by atoms with Crippen LogP contribution in [0.1, 0.15) is 34.6 Å². The molecule has 3 N–H and O–H groups in total. The number of anilines is 1. The third kappa shape index (κ3) is 9.62. The number of aromatic nitrogens is 1. The smallest absolute Gasteiger partial charge is 0.405 e. The highest BCUT2D eigenvalue weighted by atomic mass is 32.2. The van der Waals surface area contributed by atoms with E-state index in [1.165, 1.54) is 4.90 Å². The van der Waals surface area contributed by atoms with Crippen molar-refractivity contribution in [2.24, 2.45) is 5.73 Å². The molecule has 1 fully saturated rings. The molecule has 1 aliphatic rings. The average Bonchev–Trinajstić information content (AvgIpc) is 2.56. The third-order valence-corrected chi connectivity index (χ3v) is 3.55. The Balaban J connectivity index is 0.000000456. The van der Waals surface area contributed by atoms with Gasteiger partial charge in [0.15, 0.2) is 0 Å². The van der Waals surface area contributed by atoms with Gasteiger partial charge in [0.25, 0.3) is 0 Å². The number of carbonyl (C=O) groups is 1. The average molecular weight is 357 g/mol. The number of piperazine rings is 1. The lowest BCUT2D eigenvalue weighted by molar-refractivity contribution is 0.0600. The lowest BCUT2D eigenvalue weighted by atomic mass is 10.2. The fourth-order valence-electron chi connectivity index (χ4n) is 1.96. The van der Waals surface area contributed by atoms with Crippen molar-refractivity contribution in [2.45, 2.75) is 45.1 Å². The number of amides is 1. The van der Waals surface area contributed by atoms with Gasteiger partial charge >= 0.3 is 6.09 Å². The van der Waals surface area contributed by atoms with E-state index in [-0.39, 0.29) is 0 Å². The number of rotatable bonds is 2. The van der Waals surface area contributed by atoms with Crippen LogP contribution in [0.4, 0.5) is 10.6 Å². The topological polar surface area (TPSA) is 80.5 Å². The third-order valence-electron chi connectivity index (χ3n) is 2.79.